The van der Waals surface area contributed by atoms with Crippen molar-refractivity contribution >= 4 is 11.4 Å². The molecule has 1 N–H and O–H groups in total. The van der Waals surface area contributed by atoms with E-state index >= 15 is 0 Å². The van der Waals surface area contributed by atoms with Crippen molar-refractivity contribution in [2.24, 2.45) is 0 Å². The molecule has 1 atom stereocenters. The molecule has 3 aromatic carbocycles. The molecule has 0 aromatic heterocycles. The molecule has 1 aliphatic carbocycles. The summed E-state index contributed by atoms with van der Waals surface area (Å²) in [5, 5.41) is 3.80. The Bertz CT molecular complexity index is 1210. The van der Waals surface area contributed by atoms with E-state index in [2.05, 4.69) is 101 Å². The zero-order chi connectivity index (χ0) is 26.6. The molecule has 3 aromatic rings. The number of likely N-dealkylation sites (N-methyl/N-ethyl adjacent to an activating group) is 1. The minimum absolute atomic E-state index is 0.144. The molecule has 1 saturated heterocycles. The second-order valence-corrected chi connectivity index (χ2v) is 11.7. The molecule has 6 rings (SSSR count). The second-order valence-electron chi connectivity index (χ2n) is 11.7. The van der Waals surface area contributed by atoms with Crippen molar-refractivity contribution in [2.75, 3.05) is 50.0 Å². The molecule has 0 spiro atoms. The van der Waals surface area contributed by atoms with E-state index < -0.39 is 0 Å². The van der Waals surface area contributed by atoms with Gasteiger partial charge in [-0.1, -0.05) is 62.6 Å². The van der Waals surface area contributed by atoms with Crippen molar-refractivity contribution in [3.8, 4) is 11.5 Å². The molecular formula is C34H44N4O. The summed E-state index contributed by atoms with van der Waals surface area (Å²) in [5.41, 5.74) is 6.58. The van der Waals surface area contributed by atoms with Crippen LogP contribution in [0.1, 0.15) is 74.2 Å². The van der Waals surface area contributed by atoms with Crippen LogP contribution in [0.25, 0.3) is 0 Å². The Morgan fingerprint density at radius 3 is 2.23 bits per heavy atom. The molecule has 1 saturated carbocycles. The van der Waals surface area contributed by atoms with Crippen LogP contribution in [-0.4, -0.2) is 49.6 Å². The van der Waals surface area contributed by atoms with Crippen molar-refractivity contribution in [1.82, 2.24) is 9.80 Å². The molecule has 0 radical (unpaired) electrons. The molecule has 39 heavy (non-hydrogen) atoms. The van der Waals surface area contributed by atoms with Crippen LogP contribution < -0.4 is 15.0 Å². The topological polar surface area (TPSA) is 31.0 Å². The van der Waals surface area contributed by atoms with E-state index in [1.54, 1.807) is 0 Å². The van der Waals surface area contributed by atoms with Gasteiger partial charge in [0, 0.05) is 45.3 Å². The Kier molecular flexibility index (Phi) is 8.08. The first-order valence-electron chi connectivity index (χ1n) is 15.1. The number of fused-ring (bicyclic) bond motifs is 1. The lowest BCUT2D eigenvalue weighted by Gasteiger charge is -2.32. The van der Waals surface area contributed by atoms with Crippen LogP contribution in [0.5, 0.6) is 11.5 Å². The van der Waals surface area contributed by atoms with Crippen molar-refractivity contribution in [2.45, 2.75) is 64.1 Å². The average molecular weight is 525 g/mol. The number of rotatable bonds is 9. The molecule has 5 nitrogen and oxygen atoms in total. The van der Waals surface area contributed by atoms with Gasteiger partial charge in [0.05, 0.1) is 11.4 Å². The van der Waals surface area contributed by atoms with E-state index in [-0.39, 0.29) is 6.17 Å². The maximum absolute atomic E-state index is 6.35. The number of ether oxygens (including phenoxy) is 1. The number of piperazine rings is 1. The van der Waals surface area contributed by atoms with Gasteiger partial charge in [-0.3, -0.25) is 4.90 Å². The number of nitrogens with zero attached hydrogens (tertiary/aromatic N) is 3. The summed E-state index contributed by atoms with van der Waals surface area (Å²) in [4.78, 5) is 7.50. The van der Waals surface area contributed by atoms with Gasteiger partial charge in [0.25, 0.3) is 0 Å². The Balaban J connectivity index is 1.15. The SMILES string of the molecule is CCCCN1c2cc(Oc3ccc(C4CCCC4)cc3)ccc2NC1c1ccc(CN2CCN(C)CC2)cc1. The van der Waals surface area contributed by atoms with Gasteiger partial charge < -0.3 is 19.9 Å². The summed E-state index contributed by atoms with van der Waals surface area (Å²) >= 11 is 0. The molecule has 0 bridgehead atoms. The van der Waals surface area contributed by atoms with E-state index in [4.69, 9.17) is 4.74 Å². The zero-order valence-corrected chi connectivity index (χ0v) is 23.7. The Morgan fingerprint density at radius 1 is 0.821 bits per heavy atom. The van der Waals surface area contributed by atoms with Crippen LogP contribution in [0.15, 0.2) is 66.7 Å². The molecule has 2 aliphatic heterocycles. The zero-order valence-electron chi connectivity index (χ0n) is 23.7. The van der Waals surface area contributed by atoms with Crippen molar-refractivity contribution < 1.29 is 4.74 Å². The highest BCUT2D eigenvalue weighted by Gasteiger charge is 2.30. The van der Waals surface area contributed by atoms with Gasteiger partial charge in [-0.15, -0.1) is 0 Å². The average Bonchev–Trinajstić information content (AvgIpc) is 3.63. The van der Waals surface area contributed by atoms with Crippen molar-refractivity contribution in [3.05, 3.63) is 83.4 Å². The van der Waals surface area contributed by atoms with E-state index in [1.807, 2.05) is 0 Å². The summed E-state index contributed by atoms with van der Waals surface area (Å²) in [6, 6.07) is 24.6. The maximum Gasteiger partial charge on any atom is 0.129 e. The van der Waals surface area contributed by atoms with E-state index in [9.17, 15) is 0 Å². The molecule has 2 fully saturated rings. The highest BCUT2D eigenvalue weighted by atomic mass is 16.5. The lowest BCUT2D eigenvalue weighted by Crippen LogP contribution is -2.43. The molecule has 3 aliphatic rings. The first-order chi connectivity index (χ1) is 19.2. The molecule has 5 heteroatoms. The molecule has 1 unspecified atom stereocenters. The highest BCUT2D eigenvalue weighted by Crippen LogP contribution is 2.44. The minimum Gasteiger partial charge on any atom is -0.457 e. The fraction of sp³-hybridized carbons (Fsp3) is 0.471. The highest BCUT2D eigenvalue weighted by molar-refractivity contribution is 5.78. The first kappa shape index (κ1) is 26.2. The number of benzene rings is 3. The van der Waals surface area contributed by atoms with Gasteiger partial charge in [0.1, 0.15) is 17.7 Å². The Labute approximate surface area is 234 Å². The van der Waals surface area contributed by atoms with Gasteiger partial charge in [-0.25, -0.2) is 0 Å². The summed E-state index contributed by atoms with van der Waals surface area (Å²) in [6.07, 6.45) is 7.85. The summed E-state index contributed by atoms with van der Waals surface area (Å²) in [5.74, 6) is 2.54. The predicted octanol–water partition coefficient (Wildman–Crippen LogP) is 7.61. The second kappa shape index (κ2) is 12.0. The van der Waals surface area contributed by atoms with Crippen LogP contribution in [-0.2, 0) is 6.54 Å². The van der Waals surface area contributed by atoms with Crippen LogP contribution >= 0.6 is 0 Å². The predicted molar refractivity (Wildman–Crippen MR) is 162 cm³/mol. The van der Waals surface area contributed by atoms with Gasteiger partial charge >= 0.3 is 0 Å². The monoisotopic (exact) mass is 524 g/mol. The van der Waals surface area contributed by atoms with E-state index in [1.165, 1.54) is 60.2 Å². The number of hydrogen-bond donors (Lipinski definition) is 1. The van der Waals surface area contributed by atoms with Crippen LogP contribution in [0.3, 0.4) is 0 Å². The summed E-state index contributed by atoms with van der Waals surface area (Å²) < 4.78 is 6.35. The van der Waals surface area contributed by atoms with Crippen LogP contribution in [0.4, 0.5) is 11.4 Å². The molecular weight excluding hydrogens is 480 g/mol. The largest absolute Gasteiger partial charge is 0.457 e. The number of anilines is 2. The van der Waals surface area contributed by atoms with Gasteiger partial charge in [-0.2, -0.15) is 0 Å². The quantitative estimate of drug-likeness (QED) is 0.311. The van der Waals surface area contributed by atoms with Gasteiger partial charge in [0.2, 0.25) is 0 Å². The fourth-order valence-electron chi connectivity index (χ4n) is 6.41. The van der Waals surface area contributed by atoms with Crippen LogP contribution in [0.2, 0.25) is 0 Å². The first-order valence-corrected chi connectivity index (χ1v) is 15.1. The lowest BCUT2D eigenvalue weighted by molar-refractivity contribution is 0.148. The minimum atomic E-state index is 0.144. The number of unbranched alkanes of at least 4 members (excludes halogenated alkanes) is 1. The van der Waals surface area contributed by atoms with Crippen molar-refractivity contribution in [3.63, 3.8) is 0 Å². The van der Waals surface area contributed by atoms with Crippen molar-refractivity contribution in [1.29, 1.82) is 0 Å². The maximum atomic E-state index is 6.35. The van der Waals surface area contributed by atoms with Gasteiger partial charge in [0.15, 0.2) is 0 Å². The van der Waals surface area contributed by atoms with Crippen LogP contribution in [0, 0.1) is 0 Å². The standard InChI is InChI=1S/C34H44N4O/c1-3-4-19-38-33-24-31(39-30-15-13-28(14-16-30)27-7-5-6-8-27)17-18-32(33)35-34(38)29-11-9-26(10-12-29)25-37-22-20-36(2)21-23-37/h9-18,24,27,34-35H,3-8,19-23,25H2,1-2H3. The number of nitrogens with one attached hydrogen (secondary N) is 1. The lowest BCUT2D eigenvalue weighted by atomic mass is 9.98. The molecule has 206 valence electrons. The van der Waals surface area contributed by atoms with E-state index in [0.29, 0.717) is 0 Å². The normalized spacial score (nSPS) is 20.3. The third-order valence-corrected chi connectivity index (χ3v) is 8.88. The smallest absolute Gasteiger partial charge is 0.129 e. The Hall–Kier alpha value is -3.02. The summed E-state index contributed by atoms with van der Waals surface area (Å²) in [6.45, 7) is 8.94. The van der Waals surface area contributed by atoms with Gasteiger partial charge in [-0.05, 0) is 73.2 Å². The molecule has 2 heterocycles. The molecule has 0 amide bonds. The van der Waals surface area contributed by atoms with E-state index in [0.717, 1.165) is 63.1 Å². The third-order valence-electron chi connectivity index (χ3n) is 8.88. The third kappa shape index (κ3) is 6.10. The summed E-state index contributed by atoms with van der Waals surface area (Å²) in [7, 11) is 2.21. The Morgan fingerprint density at radius 2 is 1.51 bits per heavy atom. The number of hydrogen-bond acceptors (Lipinski definition) is 5. The fourth-order valence-corrected chi connectivity index (χ4v) is 6.41.